The van der Waals surface area contributed by atoms with Gasteiger partial charge in [0.15, 0.2) is 0 Å². The first-order valence-corrected chi connectivity index (χ1v) is 8.19. The molecule has 5 heteroatoms. The van der Waals surface area contributed by atoms with Crippen LogP contribution in [0.15, 0.2) is 59.4 Å². The summed E-state index contributed by atoms with van der Waals surface area (Å²) in [5, 5.41) is 3.67. The molecule has 1 atom stereocenters. The molecule has 0 saturated carbocycles. The van der Waals surface area contributed by atoms with Gasteiger partial charge in [0.2, 0.25) is 5.91 Å². The summed E-state index contributed by atoms with van der Waals surface area (Å²) in [6.07, 6.45) is 0.545. The number of carbonyl (C=O) groups excluding carboxylic acids is 1. The van der Waals surface area contributed by atoms with Crippen molar-refractivity contribution in [2.24, 2.45) is 0 Å². The molecule has 3 aromatic rings. The first-order valence-electron chi connectivity index (χ1n) is 8.19. The zero-order valence-corrected chi connectivity index (χ0v) is 13.9. The van der Waals surface area contributed by atoms with E-state index in [-0.39, 0.29) is 23.9 Å². The number of carbonyl (C=O) groups is 1. The average Bonchev–Trinajstić information content (AvgIpc) is 2.60. The van der Waals surface area contributed by atoms with Crippen LogP contribution in [0.3, 0.4) is 0 Å². The number of aromatic amines is 1. The molecule has 2 N–H and O–H groups in total. The van der Waals surface area contributed by atoms with Crippen molar-refractivity contribution in [1.82, 2.24) is 10.3 Å². The summed E-state index contributed by atoms with van der Waals surface area (Å²) in [4.78, 5) is 26.9. The standard InChI is InChI=1S/C20H19FN2O2/c1-13(14-5-3-2-4-6-14)22-19(24)10-8-16-11-15-7-9-17(21)12-18(15)23-20(16)25/h2-7,9,11-13H,8,10H2,1H3,(H,22,24)(H,23,25). The third-order valence-corrected chi connectivity index (χ3v) is 4.18. The summed E-state index contributed by atoms with van der Waals surface area (Å²) >= 11 is 0. The predicted octanol–water partition coefficient (Wildman–Crippen LogP) is 3.48. The van der Waals surface area contributed by atoms with Crippen LogP contribution in [-0.4, -0.2) is 10.9 Å². The molecule has 1 aromatic heterocycles. The van der Waals surface area contributed by atoms with Gasteiger partial charge in [0.1, 0.15) is 5.82 Å². The Kier molecular flexibility index (Phi) is 4.93. The van der Waals surface area contributed by atoms with Crippen LogP contribution in [0.4, 0.5) is 4.39 Å². The van der Waals surface area contributed by atoms with E-state index in [0.717, 1.165) is 10.9 Å². The van der Waals surface area contributed by atoms with E-state index < -0.39 is 5.82 Å². The van der Waals surface area contributed by atoms with Crippen molar-refractivity contribution in [3.63, 3.8) is 0 Å². The molecule has 3 rings (SSSR count). The van der Waals surface area contributed by atoms with E-state index in [9.17, 15) is 14.0 Å². The molecule has 0 saturated heterocycles. The fourth-order valence-electron chi connectivity index (χ4n) is 2.79. The van der Waals surface area contributed by atoms with E-state index in [0.29, 0.717) is 17.5 Å². The van der Waals surface area contributed by atoms with E-state index in [1.165, 1.54) is 12.1 Å². The minimum Gasteiger partial charge on any atom is -0.350 e. The number of nitrogens with one attached hydrogen (secondary N) is 2. The number of hydrogen-bond donors (Lipinski definition) is 2. The number of amides is 1. The van der Waals surface area contributed by atoms with Crippen LogP contribution in [0.2, 0.25) is 0 Å². The monoisotopic (exact) mass is 338 g/mol. The van der Waals surface area contributed by atoms with Gasteiger partial charge >= 0.3 is 0 Å². The number of benzene rings is 2. The number of hydrogen-bond acceptors (Lipinski definition) is 2. The first-order chi connectivity index (χ1) is 12.0. The normalized spacial score (nSPS) is 12.1. The van der Waals surface area contributed by atoms with Crippen molar-refractivity contribution in [1.29, 1.82) is 0 Å². The minimum absolute atomic E-state index is 0.0911. The van der Waals surface area contributed by atoms with Crippen molar-refractivity contribution in [3.8, 4) is 0 Å². The number of aryl methyl sites for hydroxylation is 1. The zero-order valence-electron chi connectivity index (χ0n) is 13.9. The van der Waals surface area contributed by atoms with E-state index >= 15 is 0 Å². The summed E-state index contributed by atoms with van der Waals surface area (Å²) in [6.45, 7) is 1.92. The van der Waals surface area contributed by atoms with Crippen LogP contribution < -0.4 is 10.9 Å². The second kappa shape index (κ2) is 7.30. The van der Waals surface area contributed by atoms with Crippen LogP contribution in [0.1, 0.15) is 30.5 Å². The van der Waals surface area contributed by atoms with Gasteiger partial charge in [0, 0.05) is 12.0 Å². The average molecular weight is 338 g/mol. The summed E-state index contributed by atoms with van der Waals surface area (Å²) in [6, 6.07) is 15.6. The fourth-order valence-corrected chi connectivity index (χ4v) is 2.79. The van der Waals surface area contributed by atoms with E-state index in [1.807, 2.05) is 37.3 Å². The number of fused-ring (bicyclic) bond motifs is 1. The van der Waals surface area contributed by atoms with E-state index in [4.69, 9.17) is 0 Å². The Bertz CT molecular complexity index is 951. The summed E-state index contributed by atoms with van der Waals surface area (Å²) in [7, 11) is 0. The molecule has 0 fully saturated rings. The first kappa shape index (κ1) is 16.9. The van der Waals surface area contributed by atoms with Crippen LogP contribution >= 0.6 is 0 Å². The summed E-state index contributed by atoms with van der Waals surface area (Å²) < 4.78 is 13.2. The smallest absolute Gasteiger partial charge is 0.251 e. The molecule has 2 aromatic carbocycles. The number of rotatable bonds is 5. The van der Waals surface area contributed by atoms with Gasteiger partial charge in [-0.15, -0.1) is 0 Å². The lowest BCUT2D eigenvalue weighted by Gasteiger charge is -2.14. The Hall–Kier alpha value is -2.95. The maximum Gasteiger partial charge on any atom is 0.251 e. The Balaban J connectivity index is 1.66. The molecule has 0 radical (unpaired) electrons. The molecule has 1 unspecified atom stereocenters. The van der Waals surface area contributed by atoms with Gasteiger partial charge in [0.05, 0.1) is 11.6 Å². The van der Waals surface area contributed by atoms with Crippen LogP contribution in [0.25, 0.3) is 10.9 Å². The molecule has 0 aliphatic rings. The second-order valence-corrected chi connectivity index (χ2v) is 6.06. The van der Waals surface area contributed by atoms with Gasteiger partial charge in [-0.2, -0.15) is 0 Å². The van der Waals surface area contributed by atoms with Crippen LogP contribution in [0.5, 0.6) is 0 Å². The highest BCUT2D eigenvalue weighted by molar-refractivity contribution is 5.79. The molecular formula is C20H19FN2O2. The van der Waals surface area contributed by atoms with Crippen molar-refractivity contribution >= 4 is 16.8 Å². The fraction of sp³-hybridized carbons (Fsp3) is 0.200. The highest BCUT2D eigenvalue weighted by Gasteiger charge is 2.11. The molecule has 1 amide bonds. The van der Waals surface area contributed by atoms with Gasteiger partial charge in [-0.3, -0.25) is 9.59 Å². The van der Waals surface area contributed by atoms with Gasteiger partial charge in [-0.05, 0) is 48.6 Å². The Morgan fingerprint density at radius 2 is 1.92 bits per heavy atom. The third kappa shape index (κ3) is 4.12. The van der Waals surface area contributed by atoms with Gasteiger partial charge in [-0.1, -0.05) is 30.3 Å². The van der Waals surface area contributed by atoms with Crippen molar-refractivity contribution < 1.29 is 9.18 Å². The van der Waals surface area contributed by atoms with Crippen molar-refractivity contribution in [3.05, 3.63) is 81.9 Å². The Morgan fingerprint density at radius 1 is 1.16 bits per heavy atom. The lowest BCUT2D eigenvalue weighted by Crippen LogP contribution is -2.27. The lowest BCUT2D eigenvalue weighted by molar-refractivity contribution is -0.121. The van der Waals surface area contributed by atoms with Crippen molar-refractivity contribution in [2.45, 2.75) is 25.8 Å². The molecule has 128 valence electrons. The largest absolute Gasteiger partial charge is 0.350 e. The molecule has 0 bridgehead atoms. The number of H-pyrrole nitrogens is 1. The number of aromatic nitrogens is 1. The highest BCUT2D eigenvalue weighted by Crippen LogP contribution is 2.14. The van der Waals surface area contributed by atoms with E-state index in [2.05, 4.69) is 10.3 Å². The van der Waals surface area contributed by atoms with Gasteiger partial charge in [-0.25, -0.2) is 4.39 Å². The topological polar surface area (TPSA) is 62.0 Å². The van der Waals surface area contributed by atoms with Gasteiger partial charge in [0.25, 0.3) is 5.56 Å². The van der Waals surface area contributed by atoms with Crippen molar-refractivity contribution in [2.75, 3.05) is 0 Å². The lowest BCUT2D eigenvalue weighted by atomic mass is 10.1. The SMILES string of the molecule is CC(NC(=O)CCc1cc2ccc(F)cc2[nH]c1=O)c1ccccc1. The molecular weight excluding hydrogens is 319 g/mol. The van der Waals surface area contributed by atoms with E-state index in [1.54, 1.807) is 12.1 Å². The maximum atomic E-state index is 13.2. The zero-order chi connectivity index (χ0) is 17.8. The summed E-state index contributed by atoms with van der Waals surface area (Å²) in [5.74, 6) is -0.514. The molecule has 0 aliphatic heterocycles. The quantitative estimate of drug-likeness (QED) is 0.748. The third-order valence-electron chi connectivity index (χ3n) is 4.18. The maximum absolute atomic E-state index is 13.2. The molecule has 0 spiro atoms. The molecule has 0 aliphatic carbocycles. The van der Waals surface area contributed by atoms with Crippen LogP contribution in [0, 0.1) is 5.82 Å². The molecule has 1 heterocycles. The summed E-state index contributed by atoms with van der Waals surface area (Å²) in [5.41, 5.74) is 1.71. The number of halogens is 1. The van der Waals surface area contributed by atoms with Crippen LogP contribution in [-0.2, 0) is 11.2 Å². The minimum atomic E-state index is -0.398. The predicted molar refractivity (Wildman–Crippen MR) is 95.8 cm³/mol. The molecule has 4 nitrogen and oxygen atoms in total. The highest BCUT2D eigenvalue weighted by atomic mass is 19.1. The Morgan fingerprint density at radius 3 is 2.68 bits per heavy atom. The van der Waals surface area contributed by atoms with Gasteiger partial charge < -0.3 is 10.3 Å². The molecule has 25 heavy (non-hydrogen) atoms. The Labute approximate surface area is 144 Å². The second-order valence-electron chi connectivity index (χ2n) is 6.06. The number of pyridine rings is 1.